The highest BCUT2D eigenvalue weighted by Gasteiger charge is 2.60. The number of fused-ring (bicyclic) bond motifs is 5. The summed E-state index contributed by atoms with van der Waals surface area (Å²) in [4.78, 5) is 11.5. The van der Waals surface area contributed by atoms with Crippen molar-refractivity contribution in [3.05, 3.63) is 0 Å². The minimum Gasteiger partial charge on any atom is -0.481 e. The monoisotopic (exact) mass is 448 g/mol. The molecule has 4 rings (SSSR count). The number of carboxylic acids is 1. The minimum atomic E-state index is -1.70. The first kappa shape index (κ1) is 23.8. The lowest BCUT2D eigenvalue weighted by molar-refractivity contribution is -0.142. The predicted octanol–water partition coefficient (Wildman–Crippen LogP) is 7.51. The second-order valence-corrected chi connectivity index (χ2v) is 18.6. The molecular formula is C27H48O3Si. The van der Waals surface area contributed by atoms with Gasteiger partial charge in [-0.1, -0.05) is 34.6 Å². The summed E-state index contributed by atoms with van der Waals surface area (Å²) in [6.45, 7) is 17.0. The van der Waals surface area contributed by atoms with Crippen LogP contribution in [0.5, 0.6) is 0 Å². The zero-order valence-electron chi connectivity index (χ0n) is 21.3. The summed E-state index contributed by atoms with van der Waals surface area (Å²) < 4.78 is 6.89. The molecule has 0 heterocycles. The maximum Gasteiger partial charge on any atom is 0.303 e. The van der Waals surface area contributed by atoms with E-state index >= 15 is 0 Å². The molecule has 4 fully saturated rings. The van der Waals surface area contributed by atoms with Gasteiger partial charge in [-0.2, -0.15) is 0 Å². The fraction of sp³-hybridized carbons (Fsp3) is 0.963. The summed E-state index contributed by atoms with van der Waals surface area (Å²) in [6, 6.07) is 0. The van der Waals surface area contributed by atoms with Crippen LogP contribution in [0, 0.1) is 40.4 Å². The summed E-state index contributed by atoms with van der Waals surface area (Å²) in [5.41, 5.74) is 0.744. The summed E-state index contributed by atoms with van der Waals surface area (Å²) in [7, 11) is -1.70. The first-order valence-electron chi connectivity index (χ1n) is 13.2. The van der Waals surface area contributed by atoms with Crippen molar-refractivity contribution in [1.82, 2.24) is 0 Å². The van der Waals surface area contributed by atoms with Crippen molar-refractivity contribution in [3.8, 4) is 0 Å². The third kappa shape index (κ3) is 3.96. The highest BCUT2D eigenvalue weighted by molar-refractivity contribution is 6.74. The van der Waals surface area contributed by atoms with Crippen molar-refractivity contribution in [1.29, 1.82) is 0 Å². The fourth-order valence-corrected chi connectivity index (χ4v) is 9.98. The molecule has 4 saturated carbocycles. The Kier molecular flexibility index (Phi) is 6.03. The summed E-state index contributed by atoms with van der Waals surface area (Å²) >= 11 is 0. The Labute approximate surface area is 192 Å². The summed E-state index contributed by atoms with van der Waals surface area (Å²) in [5.74, 6) is 3.06. The number of hydrogen-bond acceptors (Lipinski definition) is 2. The van der Waals surface area contributed by atoms with Crippen LogP contribution in [-0.4, -0.2) is 25.5 Å². The van der Waals surface area contributed by atoms with Crippen LogP contribution in [0.1, 0.15) is 98.8 Å². The van der Waals surface area contributed by atoms with Gasteiger partial charge in [0.1, 0.15) is 0 Å². The molecule has 0 spiro atoms. The van der Waals surface area contributed by atoms with E-state index < -0.39 is 14.3 Å². The van der Waals surface area contributed by atoms with E-state index in [4.69, 9.17) is 4.43 Å². The average molecular weight is 449 g/mol. The van der Waals surface area contributed by atoms with Gasteiger partial charge in [0, 0.05) is 12.5 Å². The molecule has 0 aromatic heterocycles. The van der Waals surface area contributed by atoms with Gasteiger partial charge in [-0.05, 0) is 116 Å². The van der Waals surface area contributed by atoms with Gasteiger partial charge in [0.15, 0.2) is 8.32 Å². The van der Waals surface area contributed by atoms with Crippen LogP contribution in [0.2, 0.25) is 18.1 Å². The molecule has 1 N–H and O–H groups in total. The number of carboxylic acid groups (broad SMARTS) is 1. The molecule has 0 saturated heterocycles. The molecule has 4 aliphatic carbocycles. The Morgan fingerprint density at radius 3 is 2.26 bits per heavy atom. The van der Waals surface area contributed by atoms with Gasteiger partial charge in [-0.3, -0.25) is 4.79 Å². The van der Waals surface area contributed by atoms with Crippen molar-refractivity contribution in [2.45, 2.75) is 123 Å². The van der Waals surface area contributed by atoms with Crippen LogP contribution in [0.25, 0.3) is 0 Å². The van der Waals surface area contributed by atoms with Gasteiger partial charge in [0.2, 0.25) is 0 Å². The molecule has 3 nitrogen and oxygen atoms in total. The Morgan fingerprint density at radius 1 is 0.968 bits per heavy atom. The highest BCUT2D eigenvalue weighted by atomic mass is 28.4. The van der Waals surface area contributed by atoms with Gasteiger partial charge in [0.05, 0.1) is 0 Å². The third-order valence-corrected chi connectivity index (χ3v) is 16.0. The lowest BCUT2D eigenvalue weighted by Crippen LogP contribution is -2.55. The van der Waals surface area contributed by atoms with Crippen LogP contribution in [0.15, 0.2) is 0 Å². The second-order valence-electron chi connectivity index (χ2n) is 13.8. The van der Waals surface area contributed by atoms with E-state index in [1.54, 1.807) is 0 Å². The topological polar surface area (TPSA) is 46.5 Å². The van der Waals surface area contributed by atoms with Crippen molar-refractivity contribution in [2.75, 3.05) is 0 Å². The molecule has 4 heteroatoms. The molecule has 0 aromatic carbocycles. The second kappa shape index (κ2) is 7.86. The first-order chi connectivity index (χ1) is 14.3. The van der Waals surface area contributed by atoms with Crippen molar-refractivity contribution in [2.24, 2.45) is 40.4 Å². The average Bonchev–Trinajstić information content (AvgIpc) is 2.97. The summed E-state index contributed by atoms with van der Waals surface area (Å²) in [6.07, 6.45) is 12.4. The Bertz CT molecular complexity index is 697. The van der Waals surface area contributed by atoms with Crippen LogP contribution in [0.4, 0.5) is 0 Å². The number of aliphatic carboxylic acids is 1. The highest BCUT2D eigenvalue weighted by Crippen LogP contribution is 2.68. The standard InChI is InChI=1S/C27H48O3Si/c1-25(2,3)31(6,7)30-20-12-14-26(4)18(16-20)8-10-21-22-11-9-19(17-24(28)29)27(22,5)15-13-23(21)26/h18-23H,8-17H2,1-7H3,(H,28,29)/t18-,19+,20-,21-,22-,23-,26-,27+/m0/s1. The number of carbonyl (C=O) groups is 1. The van der Waals surface area contributed by atoms with Gasteiger partial charge >= 0.3 is 5.97 Å². The number of hydrogen-bond donors (Lipinski definition) is 1. The molecule has 4 aliphatic rings. The van der Waals surface area contributed by atoms with Crippen LogP contribution in [0.3, 0.4) is 0 Å². The van der Waals surface area contributed by atoms with Crippen molar-refractivity contribution >= 4 is 14.3 Å². The molecule has 0 radical (unpaired) electrons. The zero-order valence-corrected chi connectivity index (χ0v) is 22.3. The Hall–Kier alpha value is -0.353. The summed E-state index contributed by atoms with van der Waals surface area (Å²) in [5, 5.41) is 9.74. The molecule has 178 valence electrons. The molecule has 0 bridgehead atoms. The molecule has 0 aliphatic heterocycles. The van der Waals surface area contributed by atoms with Crippen LogP contribution in [-0.2, 0) is 9.22 Å². The van der Waals surface area contributed by atoms with Crippen LogP contribution >= 0.6 is 0 Å². The normalized spacial score (nSPS) is 45.5. The van der Waals surface area contributed by atoms with E-state index in [9.17, 15) is 9.90 Å². The van der Waals surface area contributed by atoms with Crippen LogP contribution < -0.4 is 0 Å². The largest absolute Gasteiger partial charge is 0.481 e. The van der Waals surface area contributed by atoms with E-state index in [0.29, 0.717) is 23.9 Å². The van der Waals surface area contributed by atoms with E-state index in [2.05, 4.69) is 47.7 Å². The van der Waals surface area contributed by atoms with Crippen molar-refractivity contribution in [3.63, 3.8) is 0 Å². The lowest BCUT2D eigenvalue weighted by atomic mass is 9.44. The molecule has 8 atom stereocenters. The smallest absolute Gasteiger partial charge is 0.303 e. The zero-order chi connectivity index (χ0) is 22.8. The molecule has 0 aromatic rings. The van der Waals surface area contributed by atoms with E-state index in [0.717, 1.165) is 30.1 Å². The quantitative estimate of drug-likeness (QED) is 0.453. The fourth-order valence-electron chi connectivity index (χ4n) is 8.57. The molecule has 0 amide bonds. The van der Waals surface area contributed by atoms with E-state index in [-0.39, 0.29) is 10.5 Å². The minimum absolute atomic E-state index is 0.269. The SMILES string of the molecule is CC(C)(C)[Si](C)(C)O[C@H]1CC[C@@]2(C)[C@@H](CC[C@@H]3[C@@H]2CC[C@]2(C)[C@@H](CC(=O)O)CC[C@@H]32)C1. The maximum absolute atomic E-state index is 11.5. The van der Waals surface area contributed by atoms with E-state index in [1.165, 1.54) is 51.4 Å². The third-order valence-electron chi connectivity index (χ3n) is 11.5. The maximum atomic E-state index is 11.5. The van der Waals surface area contributed by atoms with Crippen molar-refractivity contribution < 1.29 is 14.3 Å². The Morgan fingerprint density at radius 2 is 1.61 bits per heavy atom. The molecule has 0 unspecified atom stereocenters. The number of rotatable bonds is 4. The van der Waals surface area contributed by atoms with Gasteiger partial charge in [-0.25, -0.2) is 0 Å². The van der Waals surface area contributed by atoms with Gasteiger partial charge in [-0.15, -0.1) is 0 Å². The van der Waals surface area contributed by atoms with Gasteiger partial charge in [0.25, 0.3) is 0 Å². The van der Waals surface area contributed by atoms with E-state index in [1.807, 2.05) is 0 Å². The molecular weight excluding hydrogens is 400 g/mol. The first-order valence-corrected chi connectivity index (χ1v) is 16.1. The predicted molar refractivity (Wildman–Crippen MR) is 130 cm³/mol. The molecule has 31 heavy (non-hydrogen) atoms. The lowest BCUT2D eigenvalue weighted by Gasteiger charge is -2.61. The Balaban J connectivity index is 1.47. The van der Waals surface area contributed by atoms with Gasteiger partial charge < -0.3 is 9.53 Å².